The quantitative estimate of drug-likeness (QED) is 0.619. The van der Waals surface area contributed by atoms with Crippen LogP contribution in [-0.4, -0.2) is 16.0 Å². The molecular formula is C9H9ClN2O4. The van der Waals surface area contributed by atoms with Crippen LogP contribution in [0, 0.1) is 10.1 Å². The molecule has 1 rings (SSSR count). The number of carbonyl (C=O) groups is 1. The van der Waals surface area contributed by atoms with Crippen LogP contribution in [0.1, 0.15) is 18.0 Å². The lowest BCUT2D eigenvalue weighted by molar-refractivity contribution is -0.385. The minimum Gasteiger partial charge on any atom is -0.481 e. The van der Waals surface area contributed by atoms with E-state index in [0.717, 1.165) is 0 Å². The molecule has 0 amide bonds. The van der Waals surface area contributed by atoms with Crippen LogP contribution in [0.4, 0.5) is 5.69 Å². The lowest BCUT2D eigenvalue weighted by atomic mass is 10.0. The molecule has 0 unspecified atom stereocenters. The topological polar surface area (TPSA) is 106 Å². The first-order valence-corrected chi connectivity index (χ1v) is 4.71. The lowest BCUT2D eigenvalue weighted by Crippen LogP contribution is -2.16. The minimum absolute atomic E-state index is 0.125. The summed E-state index contributed by atoms with van der Waals surface area (Å²) in [5.74, 6) is -1.12. The van der Waals surface area contributed by atoms with Crippen molar-refractivity contribution in [2.24, 2.45) is 5.73 Å². The molecule has 16 heavy (non-hydrogen) atoms. The second kappa shape index (κ2) is 4.91. The molecule has 1 atom stereocenters. The molecule has 0 aliphatic rings. The zero-order valence-corrected chi connectivity index (χ0v) is 8.85. The third-order valence-electron chi connectivity index (χ3n) is 1.98. The fourth-order valence-electron chi connectivity index (χ4n) is 1.29. The third-order valence-corrected chi connectivity index (χ3v) is 2.22. The normalized spacial score (nSPS) is 12.1. The number of hydrogen-bond acceptors (Lipinski definition) is 4. The van der Waals surface area contributed by atoms with Crippen LogP contribution in [0.2, 0.25) is 5.02 Å². The summed E-state index contributed by atoms with van der Waals surface area (Å²) in [5, 5.41) is 19.5. The summed E-state index contributed by atoms with van der Waals surface area (Å²) in [6.07, 6.45) is -0.388. The van der Waals surface area contributed by atoms with E-state index in [1.54, 1.807) is 0 Å². The number of rotatable bonds is 4. The number of nitrogens with zero attached hydrogens (tertiary/aromatic N) is 1. The van der Waals surface area contributed by atoms with E-state index in [2.05, 4.69) is 0 Å². The van der Waals surface area contributed by atoms with E-state index in [1.807, 2.05) is 0 Å². The lowest BCUT2D eigenvalue weighted by Gasteiger charge is -2.09. The Kier molecular flexibility index (Phi) is 3.81. The fraction of sp³-hybridized carbons (Fsp3) is 0.222. The van der Waals surface area contributed by atoms with Gasteiger partial charge in [0.05, 0.1) is 11.3 Å². The highest BCUT2D eigenvalue weighted by Gasteiger charge is 2.21. The zero-order chi connectivity index (χ0) is 12.3. The van der Waals surface area contributed by atoms with Crippen molar-refractivity contribution in [3.63, 3.8) is 0 Å². The van der Waals surface area contributed by atoms with E-state index < -0.39 is 16.9 Å². The summed E-state index contributed by atoms with van der Waals surface area (Å²) in [4.78, 5) is 20.5. The number of nitrogens with two attached hydrogens (primary N) is 1. The summed E-state index contributed by atoms with van der Waals surface area (Å²) in [6, 6.07) is 2.93. The molecule has 1 aromatic rings. The first-order chi connectivity index (χ1) is 7.41. The smallest absolute Gasteiger partial charge is 0.305 e. The van der Waals surface area contributed by atoms with Crippen LogP contribution < -0.4 is 5.73 Å². The van der Waals surface area contributed by atoms with Crippen LogP contribution in [0.15, 0.2) is 18.2 Å². The Labute approximate surface area is 95.8 Å². The molecule has 3 N–H and O–H groups in total. The van der Waals surface area contributed by atoms with Gasteiger partial charge in [0.2, 0.25) is 0 Å². The maximum absolute atomic E-state index is 10.7. The number of benzene rings is 1. The molecule has 0 spiro atoms. The van der Waals surface area contributed by atoms with Gasteiger partial charge in [-0.15, -0.1) is 0 Å². The number of nitro benzene ring substituents is 1. The molecule has 7 heteroatoms. The molecule has 1 aromatic carbocycles. The van der Waals surface area contributed by atoms with Crippen LogP contribution in [0.3, 0.4) is 0 Å². The predicted octanol–water partition coefficient (Wildman–Crippen LogP) is 1.72. The summed E-state index contributed by atoms with van der Waals surface area (Å²) in [6.45, 7) is 0. The Hall–Kier alpha value is -1.66. The van der Waals surface area contributed by atoms with Crippen molar-refractivity contribution in [2.75, 3.05) is 0 Å². The average Bonchev–Trinajstić information content (AvgIpc) is 2.15. The average molecular weight is 245 g/mol. The highest BCUT2D eigenvalue weighted by molar-refractivity contribution is 6.30. The summed E-state index contributed by atoms with van der Waals surface area (Å²) in [7, 11) is 0. The molecule has 86 valence electrons. The SMILES string of the molecule is N[C@H](CC(=O)O)c1cc(Cl)ccc1[N+](=O)[O-]. The maximum Gasteiger partial charge on any atom is 0.305 e. The second-order valence-electron chi connectivity index (χ2n) is 3.16. The zero-order valence-electron chi connectivity index (χ0n) is 8.09. The van der Waals surface area contributed by atoms with Gasteiger partial charge in [0.25, 0.3) is 5.69 Å². The van der Waals surface area contributed by atoms with Gasteiger partial charge in [0, 0.05) is 22.7 Å². The van der Waals surface area contributed by atoms with E-state index >= 15 is 0 Å². The molecule has 0 aromatic heterocycles. The van der Waals surface area contributed by atoms with Crippen LogP contribution in [-0.2, 0) is 4.79 Å². The largest absolute Gasteiger partial charge is 0.481 e. The van der Waals surface area contributed by atoms with Crippen molar-refractivity contribution < 1.29 is 14.8 Å². The van der Waals surface area contributed by atoms with E-state index in [0.29, 0.717) is 0 Å². The molecule has 0 fully saturated rings. The molecule has 0 aliphatic heterocycles. The Balaban J connectivity index is 3.13. The standard InChI is InChI=1S/C9H9ClN2O4/c10-5-1-2-8(12(15)16)6(3-5)7(11)4-9(13)14/h1-3,7H,4,11H2,(H,13,14)/t7-/m1/s1. The van der Waals surface area contributed by atoms with Gasteiger partial charge in [0.1, 0.15) is 0 Å². The highest BCUT2D eigenvalue weighted by atomic mass is 35.5. The van der Waals surface area contributed by atoms with Crippen molar-refractivity contribution in [2.45, 2.75) is 12.5 Å². The van der Waals surface area contributed by atoms with Gasteiger partial charge in [-0.2, -0.15) is 0 Å². The van der Waals surface area contributed by atoms with Gasteiger partial charge in [0.15, 0.2) is 0 Å². The Morgan fingerprint density at radius 2 is 2.25 bits per heavy atom. The van der Waals surface area contributed by atoms with Crippen molar-refractivity contribution in [1.29, 1.82) is 0 Å². The van der Waals surface area contributed by atoms with Gasteiger partial charge in [-0.3, -0.25) is 14.9 Å². The summed E-state index contributed by atoms with van der Waals surface area (Å²) >= 11 is 5.68. The number of hydrogen-bond donors (Lipinski definition) is 2. The third kappa shape index (κ3) is 2.91. The maximum atomic E-state index is 10.7. The molecule has 0 saturated heterocycles. The molecule has 0 heterocycles. The molecule has 0 aliphatic carbocycles. The van der Waals surface area contributed by atoms with Gasteiger partial charge in [-0.25, -0.2) is 0 Å². The predicted molar refractivity (Wildman–Crippen MR) is 57.3 cm³/mol. The number of halogens is 1. The van der Waals surface area contributed by atoms with Crippen LogP contribution in [0.25, 0.3) is 0 Å². The van der Waals surface area contributed by atoms with Crippen molar-refractivity contribution >= 4 is 23.3 Å². The molecular weight excluding hydrogens is 236 g/mol. The number of nitro groups is 1. The Bertz CT molecular complexity index is 436. The van der Waals surface area contributed by atoms with Gasteiger partial charge in [-0.05, 0) is 12.1 Å². The van der Waals surface area contributed by atoms with Crippen molar-refractivity contribution in [3.8, 4) is 0 Å². The number of aliphatic carboxylic acids is 1. The first-order valence-electron chi connectivity index (χ1n) is 4.33. The van der Waals surface area contributed by atoms with E-state index in [9.17, 15) is 14.9 Å². The van der Waals surface area contributed by atoms with Crippen LogP contribution >= 0.6 is 11.6 Å². The number of carboxylic acids is 1. The van der Waals surface area contributed by atoms with Crippen molar-refractivity contribution in [3.05, 3.63) is 38.9 Å². The Morgan fingerprint density at radius 3 is 2.75 bits per heavy atom. The summed E-state index contributed by atoms with van der Waals surface area (Å²) < 4.78 is 0. The van der Waals surface area contributed by atoms with E-state index in [4.69, 9.17) is 22.4 Å². The monoisotopic (exact) mass is 244 g/mol. The molecule has 0 saturated carbocycles. The van der Waals surface area contributed by atoms with Gasteiger partial charge in [-0.1, -0.05) is 11.6 Å². The van der Waals surface area contributed by atoms with E-state index in [1.165, 1.54) is 18.2 Å². The molecule has 6 nitrogen and oxygen atoms in total. The van der Waals surface area contributed by atoms with Gasteiger partial charge < -0.3 is 10.8 Å². The Morgan fingerprint density at radius 1 is 1.62 bits per heavy atom. The summed E-state index contributed by atoms with van der Waals surface area (Å²) in [5.41, 5.74) is 5.46. The number of carboxylic acid groups (broad SMARTS) is 1. The molecule has 0 bridgehead atoms. The first kappa shape index (κ1) is 12.4. The fourth-order valence-corrected chi connectivity index (χ4v) is 1.47. The molecule has 0 radical (unpaired) electrons. The van der Waals surface area contributed by atoms with Crippen LogP contribution in [0.5, 0.6) is 0 Å². The second-order valence-corrected chi connectivity index (χ2v) is 3.60. The minimum atomic E-state index is -1.12. The highest BCUT2D eigenvalue weighted by Crippen LogP contribution is 2.28. The van der Waals surface area contributed by atoms with E-state index in [-0.39, 0.29) is 22.7 Å². The van der Waals surface area contributed by atoms with Crippen molar-refractivity contribution in [1.82, 2.24) is 0 Å². The van der Waals surface area contributed by atoms with Gasteiger partial charge >= 0.3 is 5.97 Å².